The van der Waals surface area contributed by atoms with E-state index in [4.69, 9.17) is 27.9 Å². The molecule has 0 aliphatic heterocycles. The quantitative estimate of drug-likeness (QED) is 0.583. The van der Waals surface area contributed by atoms with Crippen LogP contribution in [0.3, 0.4) is 0 Å². The Kier molecular flexibility index (Phi) is 4.20. The molecule has 1 aliphatic carbocycles. The van der Waals surface area contributed by atoms with Gasteiger partial charge in [0, 0.05) is 13.2 Å². The number of nitrogens with zero attached hydrogens (tertiary/aromatic N) is 2. The first-order chi connectivity index (χ1) is 9.66. The van der Waals surface area contributed by atoms with Gasteiger partial charge in [-0.25, -0.2) is 4.98 Å². The lowest BCUT2D eigenvalue weighted by Crippen LogP contribution is -2.11. The molecule has 1 aliphatic rings. The number of alkyl halides is 1. The maximum Gasteiger partial charge on any atom is 0.127 e. The maximum absolute atomic E-state index is 6.24. The van der Waals surface area contributed by atoms with Gasteiger partial charge in [0.15, 0.2) is 0 Å². The van der Waals surface area contributed by atoms with Crippen LogP contribution >= 0.6 is 23.2 Å². The summed E-state index contributed by atoms with van der Waals surface area (Å²) in [6, 6.07) is 5.82. The van der Waals surface area contributed by atoms with E-state index in [1.807, 2.05) is 25.1 Å². The van der Waals surface area contributed by atoms with Crippen molar-refractivity contribution in [2.24, 2.45) is 5.92 Å². The van der Waals surface area contributed by atoms with Crippen LogP contribution in [-0.4, -0.2) is 22.8 Å². The summed E-state index contributed by atoms with van der Waals surface area (Å²) in [5.41, 5.74) is 1.84. The summed E-state index contributed by atoms with van der Waals surface area (Å²) >= 11 is 12.4. The smallest absolute Gasteiger partial charge is 0.127 e. The number of rotatable bonds is 6. The lowest BCUT2D eigenvalue weighted by molar-refractivity contribution is 0.117. The third-order valence-electron chi connectivity index (χ3n) is 3.62. The molecule has 0 bridgehead atoms. The van der Waals surface area contributed by atoms with Gasteiger partial charge in [-0.3, -0.25) is 0 Å². The van der Waals surface area contributed by atoms with Crippen molar-refractivity contribution in [3.63, 3.8) is 0 Å². The second kappa shape index (κ2) is 5.92. The van der Waals surface area contributed by atoms with Gasteiger partial charge >= 0.3 is 0 Å². The van der Waals surface area contributed by atoms with Crippen LogP contribution < -0.4 is 0 Å². The summed E-state index contributed by atoms with van der Waals surface area (Å²) in [5, 5.41) is 0.514. The Morgan fingerprint density at radius 2 is 2.25 bits per heavy atom. The van der Waals surface area contributed by atoms with Crippen molar-refractivity contribution in [3.8, 4) is 0 Å². The van der Waals surface area contributed by atoms with Gasteiger partial charge in [-0.1, -0.05) is 17.7 Å². The first-order valence-corrected chi connectivity index (χ1v) is 7.84. The van der Waals surface area contributed by atoms with Gasteiger partial charge in [0.1, 0.15) is 11.3 Å². The summed E-state index contributed by atoms with van der Waals surface area (Å²) in [7, 11) is 0. The van der Waals surface area contributed by atoms with Crippen LogP contribution in [0.4, 0.5) is 0 Å². The van der Waals surface area contributed by atoms with E-state index < -0.39 is 0 Å². The third-order valence-corrected chi connectivity index (χ3v) is 4.12. The summed E-state index contributed by atoms with van der Waals surface area (Å²) in [4.78, 5) is 4.58. The molecule has 2 aromatic rings. The van der Waals surface area contributed by atoms with E-state index in [-0.39, 0.29) is 5.38 Å². The first kappa shape index (κ1) is 14.2. The SMILES string of the molecule is CC(Cl)c1nc2c(Cl)cccc2n1CCOCC1CC1. The Morgan fingerprint density at radius 3 is 2.95 bits per heavy atom. The van der Waals surface area contributed by atoms with Crippen molar-refractivity contribution in [3.05, 3.63) is 29.0 Å². The lowest BCUT2D eigenvalue weighted by atomic mass is 10.3. The average molecular weight is 313 g/mol. The van der Waals surface area contributed by atoms with E-state index in [1.165, 1.54) is 12.8 Å². The molecule has 0 N–H and O–H groups in total. The predicted molar refractivity (Wildman–Crippen MR) is 82.6 cm³/mol. The van der Waals surface area contributed by atoms with E-state index in [9.17, 15) is 0 Å². The molecule has 3 rings (SSSR count). The van der Waals surface area contributed by atoms with Gasteiger partial charge in [0.25, 0.3) is 0 Å². The number of fused-ring (bicyclic) bond motifs is 1. The molecule has 0 saturated heterocycles. The molecule has 0 amide bonds. The highest BCUT2D eigenvalue weighted by atomic mass is 35.5. The zero-order chi connectivity index (χ0) is 14.1. The Hall–Kier alpha value is -0.770. The average Bonchev–Trinajstić information content (AvgIpc) is 3.15. The van der Waals surface area contributed by atoms with E-state index >= 15 is 0 Å². The normalized spacial score (nSPS) is 16.8. The first-order valence-electron chi connectivity index (χ1n) is 7.03. The number of para-hydroxylation sites is 1. The van der Waals surface area contributed by atoms with Crippen LogP contribution in [0.5, 0.6) is 0 Å². The highest BCUT2D eigenvalue weighted by molar-refractivity contribution is 6.35. The minimum atomic E-state index is -0.151. The third kappa shape index (κ3) is 2.95. The van der Waals surface area contributed by atoms with Gasteiger partial charge in [0.05, 0.1) is 22.5 Å². The molecular formula is C15H18Cl2N2O. The number of imidazole rings is 1. The van der Waals surface area contributed by atoms with Crippen molar-refractivity contribution in [2.75, 3.05) is 13.2 Å². The lowest BCUT2D eigenvalue weighted by Gasteiger charge is -2.10. The van der Waals surface area contributed by atoms with Crippen LogP contribution in [0.2, 0.25) is 5.02 Å². The van der Waals surface area contributed by atoms with Crippen LogP contribution in [0, 0.1) is 5.92 Å². The van der Waals surface area contributed by atoms with Gasteiger partial charge in [-0.15, -0.1) is 11.6 Å². The Balaban J connectivity index is 1.82. The predicted octanol–water partition coefficient (Wildman–Crippen LogP) is 4.42. The Bertz CT molecular complexity index is 605. The van der Waals surface area contributed by atoms with Gasteiger partial charge in [-0.05, 0) is 37.8 Å². The fourth-order valence-corrected chi connectivity index (χ4v) is 2.74. The number of aromatic nitrogens is 2. The van der Waals surface area contributed by atoms with Crippen molar-refractivity contribution < 1.29 is 4.74 Å². The zero-order valence-corrected chi connectivity index (χ0v) is 13.0. The molecule has 1 atom stereocenters. The standard InChI is InChI=1S/C15H18Cl2N2O/c1-10(16)15-18-14-12(17)3-2-4-13(14)19(15)7-8-20-9-11-5-6-11/h2-4,10-11H,5-9H2,1H3. The molecule has 1 aromatic heterocycles. The van der Waals surface area contributed by atoms with E-state index in [0.717, 1.165) is 35.9 Å². The highest BCUT2D eigenvalue weighted by Crippen LogP contribution is 2.30. The second-order valence-corrected chi connectivity index (χ2v) is 6.43. The number of halogens is 2. The molecule has 1 unspecified atom stereocenters. The minimum absolute atomic E-state index is 0.151. The van der Waals surface area contributed by atoms with E-state index in [2.05, 4.69) is 9.55 Å². The molecule has 1 saturated carbocycles. The zero-order valence-electron chi connectivity index (χ0n) is 11.5. The topological polar surface area (TPSA) is 27.1 Å². The number of hydrogen-bond donors (Lipinski definition) is 0. The monoisotopic (exact) mass is 312 g/mol. The van der Waals surface area contributed by atoms with E-state index in [0.29, 0.717) is 11.6 Å². The van der Waals surface area contributed by atoms with Crippen molar-refractivity contribution in [1.82, 2.24) is 9.55 Å². The van der Waals surface area contributed by atoms with Gasteiger partial charge < -0.3 is 9.30 Å². The molecule has 20 heavy (non-hydrogen) atoms. The molecule has 1 heterocycles. The fourth-order valence-electron chi connectivity index (χ4n) is 2.36. The molecule has 108 valence electrons. The minimum Gasteiger partial charge on any atom is -0.379 e. The number of benzene rings is 1. The van der Waals surface area contributed by atoms with Crippen LogP contribution in [0.15, 0.2) is 18.2 Å². The summed E-state index contributed by atoms with van der Waals surface area (Å²) < 4.78 is 7.84. The Morgan fingerprint density at radius 1 is 1.45 bits per heavy atom. The van der Waals surface area contributed by atoms with Crippen LogP contribution in [0.25, 0.3) is 11.0 Å². The summed E-state index contributed by atoms with van der Waals surface area (Å²) in [5.74, 6) is 1.64. The molecular weight excluding hydrogens is 295 g/mol. The number of hydrogen-bond acceptors (Lipinski definition) is 2. The molecule has 5 heteroatoms. The van der Waals surface area contributed by atoms with Gasteiger partial charge in [0.2, 0.25) is 0 Å². The second-order valence-electron chi connectivity index (χ2n) is 5.36. The highest BCUT2D eigenvalue weighted by Gasteiger charge is 2.21. The largest absolute Gasteiger partial charge is 0.379 e. The van der Waals surface area contributed by atoms with Gasteiger partial charge in [-0.2, -0.15) is 0 Å². The molecule has 3 nitrogen and oxygen atoms in total. The van der Waals surface area contributed by atoms with Crippen molar-refractivity contribution >= 4 is 34.2 Å². The molecule has 0 spiro atoms. The number of ether oxygens (including phenoxy) is 1. The van der Waals surface area contributed by atoms with Crippen molar-refractivity contribution in [2.45, 2.75) is 31.7 Å². The summed E-state index contributed by atoms with van der Waals surface area (Å²) in [6.45, 7) is 4.25. The molecule has 0 radical (unpaired) electrons. The summed E-state index contributed by atoms with van der Waals surface area (Å²) in [6.07, 6.45) is 2.63. The fraction of sp³-hybridized carbons (Fsp3) is 0.533. The Labute approximate surface area is 128 Å². The van der Waals surface area contributed by atoms with Crippen molar-refractivity contribution in [1.29, 1.82) is 0 Å². The maximum atomic E-state index is 6.24. The van der Waals surface area contributed by atoms with Crippen LogP contribution in [0.1, 0.15) is 31.0 Å². The molecule has 1 aromatic carbocycles. The van der Waals surface area contributed by atoms with E-state index in [1.54, 1.807) is 0 Å². The van der Waals surface area contributed by atoms with Crippen LogP contribution in [-0.2, 0) is 11.3 Å². The molecule has 1 fully saturated rings.